The third-order valence-corrected chi connectivity index (χ3v) is 7.40. The van der Waals surface area contributed by atoms with E-state index in [1.807, 2.05) is 24.3 Å². The first-order valence-electron chi connectivity index (χ1n) is 15.0. The van der Waals surface area contributed by atoms with Crippen LogP contribution >= 0.6 is 11.6 Å². The summed E-state index contributed by atoms with van der Waals surface area (Å²) in [6.07, 6.45) is -3.61. The fourth-order valence-corrected chi connectivity index (χ4v) is 4.97. The van der Waals surface area contributed by atoms with E-state index >= 15 is 0 Å². The Morgan fingerprint density at radius 2 is 1.49 bits per heavy atom. The van der Waals surface area contributed by atoms with Gasteiger partial charge >= 0.3 is 6.18 Å². The first-order valence-corrected chi connectivity index (χ1v) is 15.4. The second-order valence-corrected chi connectivity index (χ2v) is 10.9. The van der Waals surface area contributed by atoms with Gasteiger partial charge in [-0.1, -0.05) is 35.9 Å². The highest BCUT2D eigenvalue weighted by Gasteiger charge is 2.30. The molecule has 250 valence electrons. The predicted molar refractivity (Wildman–Crippen MR) is 171 cm³/mol. The number of aryl methyl sites for hydroxylation is 1. The first kappa shape index (κ1) is 34.2. The zero-order valence-corrected chi connectivity index (χ0v) is 26.2. The zero-order valence-electron chi connectivity index (χ0n) is 25.4. The van der Waals surface area contributed by atoms with Gasteiger partial charge in [-0.3, -0.25) is 0 Å². The van der Waals surface area contributed by atoms with Gasteiger partial charge in [0.15, 0.2) is 0 Å². The number of halogens is 4. The molecule has 0 aliphatic rings. The normalized spacial score (nSPS) is 11.9. The predicted octanol–water partition coefficient (Wildman–Crippen LogP) is 5.97. The number of alkyl halides is 3. The van der Waals surface area contributed by atoms with Crippen LogP contribution in [-0.4, -0.2) is 77.6 Å². The maximum absolute atomic E-state index is 13.2. The number of ether oxygens (including phenoxy) is 4. The Morgan fingerprint density at radius 3 is 2.15 bits per heavy atom. The molecule has 0 aliphatic heterocycles. The van der Waals surface area contributed by atoms with Crippen molar-refractivity contribution in [3.05, 3.63) is 88.4 Å². The number of aromatic hydroxyl groups is 1. The number of benzene rings is 3. The summed E-state index contributed by atoms with van der Waals surface area (Å²) < 4.78 is 62.9. The molecule has 0 saturated heterocycles. The molecule has 0 unspecified atom stereocenters. The quantitative estimate of drug-likeness (QED) is 0.103. The van der Waals surface area contributed by atoms with Crippen LogP contribution in [0.2, 0.25) is 5.02 Å². The average molecular weight is 674 g/mol. The Kier molecular flexibility index (Phi) is 11.7. The van der Waals surface area contributed by atoms with Gasteiger partial charge in [0.2, 0.25) is 11.8 Å². The minimum atomic E-state index is -4.48. The highest BCUT2D eigenvalue weighted by Crippen LogP contribution is 2.35. The van der Waals surface area contributed by atoms with Crippen LogP contribution in [0.5, 0.6) is 11.6 Å². The number of hydrogen-bond donors (Lipinski definition) is 3. The second-order valence-electron chi connectivity index (χ2n) is 10.5. The average Bonchev–Trinajstić information content (AvgIpc) is 3.62. The minimum absolute atomic E-state index is 0.171. The second kappa shape index (κ2) is 16.1. The lowest BCUT2D eigenvalue weighted by molar-refractivity contribution is -0.137. The molecule has 47 heavy (non-hydrogen) atoms. The number of fused-ring (bicyclic) bond motifs is 1. The van der Waals surface area contributed by atoms with E-state index in [0.717, 1.165) is 17.7 Å². The summed E-state index contributed by atoms with van der Waals surface area (Å²) in [5, 5.41) is 16.4. The number of nitrogens with two attached hydrogens (primary N) is 1. The molecule has 10 nitrogen and oxygen atoms in total. The van der Waals surface area contributed by atoms with Crippen LogP contribution in [0.15, 0.2) is 66.7 Å². The number of aromatic amines is 1. The molecular formula is C33H35ClF3N5O5. The van der Waals surface area contributed by atoms with E-state index in [2.05, 4.69) is 15.1 Å². The molecule has 0 amide bonds. The summed E-state index contributed by atoms with van der Waals surface area (Å²) in [5.74, 6) is 0.747. The van der Waals surface area contributed by atoms with Gasteiger partial charge in [0.05, 0.1) is 56.2 Å². The van der Waals surface area contributed by atoms with E-state index in [1.54, 1.807) is 18.2 Å². The van der Waals surface area contributed by atoms with Crippen molar-refractivity contribution in [2.24, 2.45) is 5.73 Å². The Morgan fingerprint density at radius 1 is 0.830 bits per heavy atom. The molecule has 0 saturated carbocycles. The molecule has 0 atom stereocenters. The molecule has 0 bridgehead atoms. The topological polar surface area (TPSA) is 130 Å². The number of aromatic nitrogens is 4. The van der Waals surface area contributed by atoms with E-state index in [-0.39, 0.29) is 11.8 Å². The van der Waals surface area contributed by atoms with Crippen LogP contribution in [0.3, 0.4) is 0 Å². The Balaban J connectivity index is 1.22. The Hall–Kier alpha value is -4.14. The van der Waals surface area contributed by atoms with Gasteiger partial charge in [-0.2, -0.15) is 23.0 Å². The molecule has 4 N–H and O–H groups in total. The van der Waals surface area contributed by atoms with E-state index in [4.69, 9.17) is 36.3 Å². The third kappa shape index (κ3) is 9.24. The highest BCUT2D eigenvalue weighted by atomic mass is 35.5. The third-order valence-electron chi connectivity index (χ3n) is 7.16. The van der Waals surface area contributed by atoms with E-state index in [9.17, 15) is 18.3 Å². The fourth-order valence-electron chi connectivity index (χ4n) is 4.80. The molecule has 14 heteroatoms. The number of H-pyrrole nitrogens is 1. The molecule has 0 spiro atoms. The van der Waals surface area contributed by atoms with Crippen molar-refractivity contribution in [3.63, 3.8) is 0 Å². The largest absolute Gasteiger partial charge is 0.493 e. The standard InChI is InChI=1S/C33H35ClF3N5O5/c34-25-8-12-28-29(21-25)40-32(39-28)42-31(43)27(30(41-42)23-4-6-24(7-5-23)33(35,36)37)11-3-22-1-9-26(10-2-22)47-20-19-46-18-17-45-16-15-44-14-13-38/h1-2,4-10,12,21,43H,3,11,13-20,38H2,(H,39,40). The molecule has 5 aromatic rings. The summed E-state index contributed by atoms with van der Waals surface area (Å²) in [7, 11) is 0. The van der Waals surface area contributed by atoms with Crippen LogP contribution in [0.4, 0.5) is 13.2 Å². The van der Waals surface area contributed by atoms with Crippen molar-refractivity contribution in [2.75, 3.05) is 52.8 Å². The first-order chi connectivity index (χ1) is 22.7. The lowest BCUT2D eigenvalue weighted by Crippen LogP contribution is -2.14. The highest BCUT2D eigenvalue weighted by molar-refractivity contribution is 6.31. The molecule has 3 aromatic carbocycles. The summed E-state index contributed by atoms with van der Waals surface area (Å²) in [6.45, 7) is 3.67. The summed E-state index contributed by atoms with van der Waals surface area (Å²) in [6, 6.07) is 17.4. The number of nitrogens with one attached hydrogen (secondary N) is 1. The number of rotatable bonds is 17. The van der Waals surface area contributed by atoms with Gasteiger partial charge < -0.3 is 34.8 Å². The summed E-state index contributed by atoms with van der Waals surface area (Å²) >= 11 is 6.11. The van der Waals surface area contributed by atoms with Crippen LogP contribution in [0.1, 0.15) is 16.7 Å². The smallest absolute Gasteiger partial charge is 0.416 e. The van der Waals surface area contributed by atoms with Crippen molar-refractivity contribution >= 4 is 22.6 Å². The maximum Gasteiger partial charge on any atom is 0.416 e. The fraction of sp³-hybridized carbons (Fsp3) is 0.333. The van der Waals surface area contributed by atoms with Crippen molar-refractivity contribution in [1.82, 2.24) is 19.7 Å². The molecular weight excluding hydrogens is 639 g/mol. The molecule has 0 fully saturated rings. The number of nitrogens with zero attached hydrogens (tertiary/aromatic N) is 3. The van der Waals surface area contributed by atoms with E-state index < -0.39 is 11.7 Å². The number of hydrogen-bond acceptors (Lipinski definition) is 8. The van der Waals surface area contributed by atoms with Crippen LogP contribution in [-0.2, 0) is 33.2 Å². The van der Waals surface area contributed by atoms with Crippen molar-refractivity contribution in [1.29, 1.82) is 0 Å². The van der Waals surface area contributed by atoms with Crippen LogP contribution in [0.25, 0.3) is 28.2 Å². The van der Waals surface area contributed by atoms with Gasteiger partial charge in [-0.15, -0.1) is 0 Å². The van der Waals surface area contributed by atoms with Crippen molar-refractivity contribution in [3.8, 4) is 28.8 Å². The van der Waals surface area contributed by atoms with Gasteiger partial charge in [0.1, 0.15) is 18.1 Å². The molecule has 2 aromatic heterocycles. The number of imidazole rings is 1. The van der Waals surface area contributed by atoms with Gasteiger partial charge in [-0.25, -0.2) is 4.98 Å². The van der Waals surface area contributed by atoms with E-state index in [1.165, 1.54) is 16.8 Å². The molecule has 0 aliphatic carbocycles. The van der Waals surface area contributed by atoms with Gasteiger partial charge in [0.25, 0.3) is 0 Å². The zero-order chi connectivity index (χ0) is 33.2. The maximum atomic E-state index is 13.2. The summed E-state index contributed by atoms with van der Waals surface area (Å²) in [5.41, 5.74) is 8.04. The van der Waals surface area contributed by atoms with Gasteiger partial charge in [-0.05, 0) is 60.9 Å². The Bertz CT molecular complexity index is 1730. The Labute approximate surface area is 274 Å². The van der Waals surface area contributed by atoms with Crippen LogP contribution in [0, 0.1) is 0 Å². The minimum Gasteiger partial charge on any atom is -0.493 e. The molecule has 5 rings (SSSR count). The summed E-state index contributed by atoms with van der Waals surface area (Å²) in [4.78, 5) is 7.61. The lowest BCUT2D eigenvalue weighted by atomic mass is 10.00. The van der Waals surface area contributed by atoms with Crippen LogP contribution < -0.4 is 10.5 Å². The SMILES string of the molecule is NCCOCCOCCOCCOc1ccc(CCc2c(-c3ccc(C(F)(F)F)cc3)nn(-c3nc4cc(Cl)ccc4[nH]3)c2O)cc1. The lowest BCUT2D eigenvalue weighted by Gasteiger charge is -2.09. The van der Waals surface area contributed by atoms with Gasteiger partial charge in [0, 0.05) is 22.7 Å². The van der Waals surface area contributed by atoms with Crippen molar-refractivity contribution in [2.45, 2.75) is 19.0 Å². The van der Waals surface area contributed by atoms with E-state index in [0.29, 0.717) is 104 Å². The van der Waals surface area contributed by atoms with Crippen molar-refractivity contribution < 1.29 is 37.2 Å². The molecule has 2 heterocycles. The monoisotopic (exact) mass is 673 g/mol. The molecule has 0 radical (unpaired) electrons.